The topological polar surface area (TPSA) is 103 Å². The average molecular weight is 211 g/mol. The highest BCUT2D eigenvalue weighted by atomic mass is 35.5. The van der Waals surface area contributed by atoms with Crippen LogP contribution in [0.5, 0.6) is 0 Å². The molecule has 0 radical (unpaired) electrons. The summed E-state index contributed by atoms with van der Waals surface area (Å²) in [7, 11) is 0. The molecule has 0 saturated heterocycles. The highest BCUT2D eigenvalue weighted by Gasteiger charge is 2.31. The molecule has 0 unspecified atom stereocenters. The Bertz CT molecular complexity index is 217. The predicted molar refractivity (Wildman–Crippen MR) is 42.5 cm³/mol. The SMILES string of the molecule is O=C(Cl)CCCC([N+](=O)[O-])[N+](=O)[O-]. The maximum absolute atomic E-state index is 10.2. The number of hydrogen-bond acceptors (Lipinski definition) is 5. The third kappa shape index (κ3) is 5.07. The smallest absolute Gasteiger partial charge is 0.281 e. The quantitative estimate of drug-likeness (QED) is 0.279. The Kier molecular flexibility index (Phi) is 4.90. The van der Waals surface area contributed by atoms with Crippen molar-refractivity contribution in [1.29, 1.82) is 0 Å². The first-order valence-corrected chi connectivity index (χ1v) is 3.78. The van der Waals surface area contributed by atoms with Crippen molar-refractivity contribution in [2.45, 2.75) is 25.4 Å². The molecule has 0 atom stereocenters. The fourth-order valence-corrected chi connectivity index (χ4v) is 0.845. The van der Waals surface area contributed by atoms with Crippen LogP contribution in [0.2, 0.25) is 0 Å². The summed E-state index contributed by atoms with van der Waals surface area (Å²) in [4.78, 5) is 28.3. The zero-order valence-electron chi connectivity index (χ0n) is 6.51. The molecule has 0 saturated carbocycles. The molecule has 7 nitrogen and oxygen atoms in total. The maximum Gasteiger partial charge on any atom is 0.450 e. The second-order valence-corrected chi connectivity index (χ2v) is 2.72. The van der Waals surface area contributed by atoms with E-state index >= 15 is 0 Å². The minimum absolute atomic E-state index is 0.0506. The third-order valence-corrected chi connectivity index (χ3v) is 1.51. The first-order chi connectivity index (χ1) is 5.95. The third-order valence-electron chi connectivity index (χ3n) is 1.32. The molecule has 0 aromatic heterocycles. The molecule has 0 aliphatic rings. The Hall–Kier alpha value is -1.24. The summed E-state index contributed by atoms with van der Waals surface area (Å²) < 4.78 is 0. The van der Waals surface area contributed by atoms with Crippen molar-refractivity contribution in [1.82, 2.24) is 0 Å². The number of nitrogens with zero attached hydrogens (tertiary/aromatic N) is 2. The van der Waals surface area contributed by atoms with Crippen LogP contribution < -0.4 is 0 Å². The number of carbonyl (C=O) groups is 1. The van der Waals surface area contributed by atoms with E-state index in [1.165, 1.54) is 0 Å². The van der Waals surface area contributed by atoms with Crippen molar-refractivity contribution < 1.29 is 14.6 Å². The minimum atomic E-state index is -1.84. The van der Waals surface area contributed by atoms with Gasteiger partial charge in [-0.3, -0.25) is 25.0 Å². The van der Waals surface area contributed by atoms with Gasteiger partial charge in [0.15, 0.2) is 0 Å². The Morgan fingerprint density at radius 1 is 1.31 bits per heavy atom. The monoisotopic (exact) mass is 210 g/mol. The fraction of sp³-hybridized carbons (Fsp3) is 0.800. The summed E-state index contributed by atoms with van der Waals surface area (Å²) in [5.41, 5.74) is 0. The van der Waals surface area contributed by atoms with Crippen LogP contribution in [0.1, 0.15) is 19.3 Å². The maximum atomic E-state index is 10.2. The molecular formula is C5H7ClN2O5. The summed E-state index contributed by atoms with van der Waals surface area (Å²) >= 11 is 4.94. The van der Waals surface area contributed by atoms with Crippen LogP contribution in [0.15, 0.2) is 0 Å². The van der Waals surface area contributed by atoms with Crippen molar-refractivity contribution in [3.63, 3.8) is 0 Å². The van der Waals surface area contributed by atoms with E-state index in [1.807, 2.05) is 0 Å². The number of nitro groups is 2. The van der Waals surface area contributed by atoms with Gasteiger partial charge in [0.1, 0.15) is 0 Å². The second kappa shape index (κ2) is 5.41. The zero-order chi connectivity index (χ0) is 10.4. The molecule has 0 aromatic rings. The number of hydrogen-bond donors (Lipinski definition) is 0. The van der Waals surface area contributed by atoms with Gasteiger partial charge in [0.25, 0.3) is 0 Å². The highest BCUT2D eigenvalue weighted by molar-refractivity contribution is 6.63. The summed E-state index contributed by atoms with van der Waals surface area (Å²) in [5.74, 6) is 0. The highest BCUT2D eigenvalue weighted by Crippen LogP contribution is 2.06. The van der Waals surface area contributed by atoms with Gasteiger partial charge >= 0.3 is 6.17 Å². The zero-order valence-corrected chi connectivity index (χ0v) is 7.27. The average Bonchev–Trinajstić information content (AvgIpc) is 1.95. The van der Waals surface area contributed by atoms with Crippen LogP contribution >= 0.6 is 11.6 Å². The summed E-state index contributed by atoms with van der Waals surface area (Å²) in [5, 5.41) is 19.5. The Morgan fingerprint density at radius 2 is 1.77 bits per heavy atom. The molecule has 74 valence electrons. The van der Waals surface area contributed by atoms with Gasteiger partial charge in [-0.2, -0.15) is 0 Å². The lowest BCUT2D eigenvalue weighted by molar-refractivity contribution is -0.743. The molecule has 0 rings (SSSR count). The van der Waals surface area contributed by atoms with Gasteiger partial charge in [0.2, 0.25) is 5.24 Å². The van der Waals surface area contributed by atoms with E-state index in [0.29, 0.717) is 0 Å². The van der Waals surface area contributed by atoms with Crippen molar-refractivity contribution in [2.24, 2.45) is 0 Å². The molecule has 0 aliphatic heterocycles. The van der Waals surface area contributed by atoms with Crippen LogP contribution in [0.4, 0.5) is 0 Å². The molecule has 0 N–H and O–H groups in total. The van der Waals surface area contributed by atoms with E-state index < -0.39 is 21.3 Å². The van der Waals surface area contributed by atoms with Gasteiger partial charge in [0, 0.05) is 6.42 Å². The molecule has 0 heterocycles. The first kappa shape index (κ1) is 11.8. The van der Waals surface area contributed by atoms with Crippen LogP contribution in [0.25, 0.3) is 0 Å². The number of rotatable bonds is 6. The van der Waals surface area contributed by atoms with Gasteiger partial charge in [-0.1, -0.05) is 0 Å². The molecule has 0 bridgehead atoms. The van der Waals surface area contributed by atoms with Gasteiger partial charge in [-0.15, -0.1) is 0 Å². The molecule has 0 amide bonds. The van der Waals surface area contributed by atoms with Crippen molar-refractivity contribution in [3.8, 4) is 0 Å². The molecular weight excluding hydrogens is 204 g/mol. The fourth-order valence-electron chi connectivity index (χ4n) is 0.711. The van der Waals surface area contributed by atoms with Crippen molar-refractivity contribution >= 4 is 16.8 Å². The summed E-state index contributed by atoms with van der Waals surface area (Å²) in [6.45, 7) is 0. The first-order valence-electron chi connectivity index (χ1n) is 3.40. The molecule has 0 aromatic carbocycles. The van der Waals surface area contributed by atoms with E-state index in [9.17, 15) is 25.0 Å². The van der Waals surface area contributed by atoms with Gasteiger partial charge in [-0.25, -0.2) is 0 Å². The van der Waals surface area contributed by atoms with Gasteiger partial charge < -0.3 is 0 Å². The lowest BCUT2D eigenvalue weighted by atomic mass is 10.2. The van der Waals surface area contributed by atoms with E-state index in [1.54, 1.807) is 0 Å². The normalized spacial score (nSPS) is 10.0. The minimum Gasteiger partial charge on any atom is -0.281 e. The standard InChI is InChI=1S/C5H7ClN2O5/c6-4(9)2-1-3-5(7(10)11)8(12)13/h5H,1-3H2. The predicted octanol–water partition coefficient (Wildman–Crippen LogP) is 0.802. The van der Waals surface area contributed by atoms with Crippen molar-refractivity contribution in [2.75, 3.05) is 0 Å². The van der Waals surface area contributed by atoms with Gasteiger partial charge in [-0.05, 0) is 18.0 Å². The van der Waals surface area contributed by atoms with E-state index in [2.05, 4.69) is 0 Å². The Labute approximate surface area is 78.0 Å². The van der Waals surface area contributed by atoms with Crippen LogP contribution in [0, 0.1) is 20.2 Å². The molecule has 0 aliphatic carbocycles. The summed E-state index contributed by atoms with van der Waals surface area (Å²) in [6.07, 6.45) is -2.15. The van der Waals surface area contributed by atoms with E-state index in [-0.39, 0.29) is 19.3 Å². The lowest BCUT2D eigenvalue weighted by Crippen LogP contribution is -2.28. The van der Waals surface area contributed by atoms with Gasteiger partial charge in [0.05, 0.1) is 16.3 Å². The molecule has 0 spiro atoms. The van der Waals surface area contributed by atoms with Crippen LogP contribution in [-0.2, 0) is 4.79 Å². The molecule has 8 heteroatoms. The number of carbonyl (C=O) groups excluding carboxylic acids is 1. The van der Waals surface area contributed by atoms with E-state index in [0.717, 1.165) is 0 Å². The largest absolute Gasteiger partial charge is 0.450 e. The van der Waals surface area contributed by atoms with Crippen LogP contribution in [0.3, 0.4) is 0 Å². The van der Waals surface area contributed by atoms with Crippen LogP contribution in [-0.4, -0.2) is 21.3 Å². The lowest BCUT2D eigenvalue weighted by Gasteiger charge is -1.99. The molecule has 13 heavy (non-hydrogen) atoms. The molecule has 0 fully saturated rings. The second-order valence-electron chi connectivity index (χ2n) is 2.30. The Balaban J connectivity index is 3.91. The number of halogens is 1. The van der Waals surface area contributed by atoms with Crippen molar-refractivity contribution in [3.05, 3.63) is 20.2 Å². The summed E-state index contributed by atoms with van der Waals surface area (Å²) in [6, 6.07) is 0. The Morgan fingerprint density at radius 3 is 2.08 bits per heavy atom. The van der Waals surface area contributed by atoms with E-state index in [4.69, 9.17) is 11.6 Å².